The van der Waals surface area contributed by atoms with Crippen LogP contribution < -0.4 is 0 Å². The number of halogens is 3. The van der Waals surface area contributed by atoms with Crippen LogP contribution in [0, 0.1) is 6.92 Å². The summed E-state index contributed by atoms with van der Waals surface area (Å²) in [5.74, 6) is 0. The van der Waals surface area contributed by atoms with Crippen LogP contribution in [-0.2, 0) is 0 Å². The third-order valence-electron chi connectivity index (χ3n) is 0.238. The molecule has 0 rings (SSSR count). The van der Waals surface area contributed by atoms with Gasteiger partial charge in [0.25, 0.3) is 0 Å². The molecule has 0 spiro atoms. The minimum atomic E-state index is -4.10. The van der Waals surface area contributed by atoms with E-state index in [2.05, 4.69) is 6.92 Å². The monoisotopic (exact) mass is 129 g/mol. The zero-order valence-electron chi connectivity index (χ0n) is 3.37. The molecule has 0 N–H and O–H groups in total. The fourth-order valence-corrected chi connectivity index (χ4v) is 0.311. The van der Waals surface area contributed by atoms with Gasteiger partial charge in [-0.15, -0.1) is 11.4 Å². The third-order valence-corrected chi connectivity index (χ3v) is 0.713. The Hall–Kier alpha value is 0.01000. The standard InChI is InChI=1S/C3H4F3S/c1-2-7-3(4,5)6/h2,7H,1H2. The molecule has 0 fully saturated rings. The zero-order valence-corrected chi connectivity index (χ0v) is 4.26. The van der Waals surface area contributed by atoms with E-state index in [-0.39, 0.29) is 0 Å². The Kier molecular flexibility index (Phi) is 2.35. The molecule has 0 aromatic heterocycles. The van der Waals surface area contributed by atoms with Crippen molar-refractivity contribution < 1.29 is 13.2 Å². The highest BCUT2D eigenvalue weighted by atomic mass is 32.1. The van der Waals surface area contributed by atoms with Gasteiger partial charge in [-0.1, -0.05) is 5.37 Å². The van der Waals surface area contributed by atoms with Crippen molar-refractivity contribution in [3.8, 4) is 0 Å². The van der Waals surface area contributed by atoms with Crippen molar-refractivity contribution in [2.75, 3.05) is 0 Å². The molecule has 0 aromatic carbocycles. The van der Waals surface area contributed by atoms with Crippen LogP contribution in [0.15, 0.2) is 0 Å². The van der Waals surface area contributed by atoms with Crippen molar-refractivity contribution in [3.05, 3.63) is 6.92 Å². The molecule has 0 unspecified atom stereocenters. The van der Waals surface area contributed by atoms with Gasteiger partial charge in [-0.25, -0.2) is 0 Å². The lowest BCUT2D eigenvalue weighted by atomic mass is 11.0. The summed E-state index contributed by atoms with van der Waals surface area (Å²) in [6, 6.07) is 0. The van der Waals surface area contributed by atoms with Crippen LogP contribution in [0.2, 0.25) is 0 Å². The highest BCUT2D eigenvalue weighted by Crippen LogP contribution is 2.22. The first kappa shape index (κ1) is 7.01. The van der Waals surface area contributed by atoms with Crippen molar-refractivity contribution in [2.24, 2.45) is 0 Å². The van der Waals surface area contributed by atoms with Crippen LogP contribution in [-0.4, -0.2) is 10.9 Å². The lowest BCUT2D eigenvalue weighted by Gasteiger charge is -1.94. The van der Waals surface area contributed by atoms with E-state index >= 15 is 0 Å². The summed E-state index contributed by atoms with van der Waals surface area (Å²) in [5.41, 5.74) is -4.10. The molecule has 0 bridgehead atoms. The molecule has 7 heavy (non-hydrogen) atoms. The Morgan fingerprint density at radius 3 is 1.86 bits per heavy atom. The van der Waals surface area contributed by atoms with E-state index in [4.69, 9.17) is 0 Å². The van der Waals surface area contributed by atoms with Crippen LogP contribution in [0.1, 0.15) is 0 Å². The fraction of sp³-hybridized carbons (Fsp3) is 0.333. The second-order valence-corrected chi connectivity index (χ2v) is 1.91. The van der Waals surface area contributed by atoms with Crippen molar-refractivity contribution in [3.63, 3.8) is 0 Å². The van der Waals surface area contributed by atoms with E-state index in [1.807, 2.05) is 0 Å². The Labute approximate surface area is 43.3 Å². The summed E-state index contributed by atoms with van der Waals surface area (Å²) in [4.78, 5) is 0. The molecule has 0 nitrogen and oxygen atoms in total. The van der Waals surface area contributed by atoms with Crippen LogP contribution >= 0.6 is 11.4 Å². The summed E-state index contributed by atoms with van der Waals surface area (Å²) in [5, 5.41) is 0.806. The average molecular weight is 129 g/mol. The highest BCUT2D eigenvalue weighted by molar-refractivity contribution is 7.98. The summed E-state index contributed by atoms with van der Waals surface area (Å²) in [6.07, 6.45) is 0. The smallest absolute Gasteiger partial charge is 0.161 e. The summed E-state index contributed by atoms with van der Waals surface area (Å²) >= 11 is -0.680. The van der Waals surface area contributed by atoms with Crippen molar-refractivity contribution in [1.82, 2.24) is 0 Å². The molecule has 0 heterocycles. The number of thiol groups is 1. The maximum atomic E-state index is 11.0. The molecular formula is C3H4F3S. The number of hydrogen-bond acceptors (Lipinski definition) is 0. The Bertz CT molecular complexity index is 72.7. The first-order valence-corrected chi connectivity index (χ1v) is 2.42. The van der Waals surface area contributed by atoms with Gasteiger partial charge >= 0.3 is 5.51 Å². The predicted molar refractivity (Wildman–Crippen MR) is 26.5 cm³/mol. The molecule has 0 aliphatic carbocycles. The van der Waals surface area contributed by atoms with Crippen LogP contribution in [0.25, 0.3) is 0 Å². The average Bonchev–Trinajstić information content (AvgIpc) is 1.30. The lowest BCUT2D eigenvalue weighted by molar-refractivity contribution is -0.0309. The molecule has 0 aliphatic rings. The summed E-state index contributed by atoms with van der Waals surface area (Å²) < 4.78 is 32.9. The van der Waals surface area contributed by atoms with Gasteiger partial charge in [0.05, 0.1) is 0 Å². The maximum Gasteiger partial charge on any atom is 0.433 e. The van der Waals surface area contributed by atoms with Crippen molar-refractivity contribution in [2.45, 2.75) is 5.51 Å². The second-order valence-electron chi connectivity index (χ2n) is 0.780. The van der Waals surface area contributed by atoms with Crippen LogP contribution in [0.4, 0.5) is 13.2 Å². The molecule has 0 atom stereocenters. The number of alkyl halides is 3. The van der Waals surface area contributed by atoms with Gasteiger partial charge in [0.2, 0.25) is 0 Å². The number of hydrogen-bond donors (Lipinski definition) is 1. The first-order valence-electron chi connectivity index (χ1n) is 1.46. The first-order chi connectivity index (χ1) is 3.06. The Morgan fingerprint density at radius 1 is 1.43 bits per heavy atom. The van der Waals surface area contributed by atoms with E-state index in [1.165, 1.54) is 0 Å². The quantitative estimate of drug-likeness (QED) is 0.373. The van der Waals surface area contributed by atoms with Crippen molar-refractivity contribution >= 4 is 16.7 Å². The molecule has 0 saturated carbocycles. The van der Waals surface area contributed by atoms with Crippen LogP contribution in [0.5, 0.6) is 0 Å². The topological polar surface area (TPSA) is 0 Å². The van der Waals surface area contributed by atoms with Gasteiger partial charge in [-0.05, 0) is 6.92 Å². The van der Waals surface area contributed by atoms with Gasteiger partial charge in [0, 0.05) is 0 Å². The third kappa shape index (κ3) is 6.01. The van der Waals surface area contributed by atoms with E-state index in [0.717, 1.165) is 5.37 Å². The van der Waals surface area contributed by atoms with E-state index in [9.17, 15) is 13.2 Å². The molecule has 1 radical (unpaired) electrons. The molecule has 4 heteroatoms. The molecule has 0 aromatic rings. The summed E-state index contributed by atoms with van der Waals surface area (Å²) in [6.45, 7) is 2.91. The largest absolute Gasteiger partial charge is 0.433 e. The van der Waals surface area contributed by atoms with E-state index in [0.29, 0.717) is 0 Å². The maximum absolute atomic E-state index is 11.0. The number of rotatable bonds is 0. The van der Waals surface area contributed by atoms with Crippen LogP contribution in [0.3, 0.4) is 0 Å². The lowest BCUT2D eigenvalue weighted by Crippen LogP contribution is -1.94. The van der Waals surface area contributed by atoms with Gasteiger partial charge < -0.3 is 0 Å². The zero-order chi connectivity index (χ0) is 5.91. The molecule has 0 aliphatic heterocycles. The highest BCUT2D eigenvalue weighted by Gasteiger charge is 2.20. The van der Waals surface area contributed by atoms with Gasteiger partial charge in [-0.3, -0.25) is 0 Å². The fourth-order valence-electron chi connectivity index (χ4n) is 0.104. The van der Waals surface area contributed by atoms with Gasteiger partial charge in [0.15, 0.2) is 0 Å². The van der Waals surface area contributed by atoms with Gasteiger partial charge in [-0.2, -0.15) is 13.2 Å². The van der Waals surface area contributed by atoms with Gasteiger partial charge in [0.1, 0.15) is 0 Å². The molecule has 43 valence electrons. The SMILES string of the molecule is [CH2]C=[SH]C(F)(F)F. The van der Waals surface area contributed by atoms with E-state index < -0.39 is 16.9 Å². The van der Waals surface area contributed by atoms with Crippen molar-refractivity contribution in [1.29, 1.82) is 0 Å². The minimum absolute atomic E-state index is 0.680. The predicted octanol–water partition coefficient (Wildman–Crippen LogP) is 1.61. The second kappa shape index (κ2) is 2.35. The van der Waals surface area contributed by atoms with E-state index in [1.54, 1.807) is 0 Å². The normalized spacial score (nSPS) is 14.3. The summed E-state index contributed by atoms with van der Waals surface area (Å²) in [7, 11) is 0. The Balaban J connectivity index is 3.56. The molecule has 0 saturated heterocycles. The molecular weight excluding hydrogens is 125 g/mol. The Morgan fingerprint density at radius 2 is 1.86 bits per heavy atom. The molecule has 0 amide bonds. The minimum Gasteiger partial charge on any atom is -0.161 e.